The molecule has 0 spiro atoms. The van der Waals surface area contributed by atoms with Gasteiger partial charge in [0.25, 0.3) is 10.0 Å². The van der Waals surface area contributed by atoms with E-state index in [4.69, 9.17) is 0 Å². The highest BCUT2D eigenvalue weighted by molar-refractivity contribution is 7.90. The summed E-state index contributed by atoms with van der Waals surface area (Å²) in [5.74, 6) is -54.0. The predicted molar refractivity (Wildman–Crippen MR) is 69.6 cm³/mol. The molecule has 0 aliphatic rings. The van der Waals surface area contributed by atoms with Crippen LogP contribution in [0.2, 0.25) is 0 Å². The number of ether oxygens (including phenoxy) is 1. The van der Waals surface area contributed by atoms with Gasteiger partial charge in [0, 0.05) is 0 Å². The fourth-order valence-corrected chi connectivity index (χ4v) is 2.59. The highest BCUT2D eigenvalue weighted by atomic mass is 32.2. The highest BCUT2D eigenvalue weighted by Gasteiger charge is 2.96. The molecule has 204 valence electrons. The number of alkyl halides is 17. The lowest BCUT2D eigenvalue weighted by molar-refractivity contribution is -0.458. The summed E-state index contributed by atoms with van der Waals surface area (Å²) in [5, 5.41) is -7.72. The van der Waals surface area contributed by atoms with Crippen LogP contribution in [0.1, 0.15) is 0 Å². The van der Waals surface area contributed by atoms with Crippen molar-refractivity contribution in [1.29, 1.82) is 0 Å². The molecule has 0 aromatic heterocycles. The maximum Gasteiger partial charge on any atom is 0.460 e. The van der Waals surface area contributed by atoms with Gasteiger partial charge in [-0.1, -0.05) is 0 Å². The molecule has 5 nitrogen and oxygen atoms in total. The molecule has 0 saturated heterocycles. The largest absolute Gasteiger partial charge is 0.468 e. The van der Waals surface area contributed by atoms with Crippen molar-refractivity contribution < 1.29 is 92.6 Å². The molecule has 23 heteroatoms. The number of hydrogen-bond donors (Lipinski definition) is 1. The van der Waals surface area contributed by atoms with Crippen molar-refractivity contribution in [2.45, 2.75) is 47.0 Å². The van der Waals surface area contributed by atoms with Crippen LogP contribution in [0.4, 0.5) is 74.6 Å². The summed E-state index contributed by atoms with van der Waals surface area (Å²) in [5.41, 5.74) is 0. The Labute approximate surface area is 175 Å². The maximum atomic E-state index is 13.5. The number of nitrogens with one attached hydrogen (secondary N) is 1. The van der Waals surface area contributed by atoms with Crippen molar-refractivity contribution in [3.63, 3.8) is 0 Å². The smallest absolute Gasteiger partial charge is 0.460 e. The van der Waals surface area contributed by atoms with Crippen LogP contribution >= 0.6 is 0 Å². The Morgan fingerprint density at radius 1 is 0.618 bits per heavy atom. The van der Waals surface area contributed by atoms with Crippen LogP contribution in [0, 0.1) is 0 Å². The number of carbonyl (C=O) groups excluding carboxylic acids is 1. The molecular weight excluding hydrogens is 565 g/mol. The van der Waals surface area contributed by atoms with Gasteiger partial charge in [-0.15, -0.1) is 0 Å². The second-order valence-electron chi connectivity index (χ2n) is 5.86. The lowest BCUT2D eigenvalue weighted by atomic mass is 9.91. The number of methoxy groups -OCH3 is 1. The fourth-order valence-electron chi connectivity index (χ4n) is 1.63. The first-order chi connectivity index (χ1) is 14.5. The molecule has 0 aliphatic carbocycles. The van der Waals surface area contributed by atoms with Crippen LogP contribution in [-0.2, 0) is 19.6 Å². The lowest BCUT2D eigenvalue weighted by Gasteiger charge is -2.42. The van der Waals surface area contributed by atoms with Crippen molar-refractivity contribution in [2.75, 3.05) is 13.7 Å². The standard InChI is InChI=1S/C11H6F17NO4S/c1-33-3(30)2-29-34(31,32)11(27,28)9(22,23)7(18,19)5(14,15)4(12,13)6(16,17)8(20,21)10(24,25)26/h29H,2H2,1H3. The Bertz CT molecular complexity index is 878. The predicted octanol–water partition coefficient (Wildman–Crippen LogP) is 4.05. The third kappa shape index (κ3) is 4.21. The van der Waals surface area contributed by atoms with Gasteiger partial charge >= 0.3 is 52.9 Å². The minimum atomic E-state index is -8.91. The normalized spacial score (nSPS) is 15.9. The highest BCUT2D eigenvalue weighted by Crippen LogP contribution is 2.64. The van der Waals surface area contributed by atoms with E-state index in [0.717, 1.165) is 0 Å². The van der Waals surface area contributed by atoms with Gasteiger partial charge in [-0.25, -0.2) is 8.42 Å². The summed E-state index contributed by atoms with van der Waals surface area (Å²) >= 11 is 0. The minimum Gasteiger partial charge on any atom is -0.468 e. The van der Waals surface area contributed by atoms with Gasteiger partial charge in [-0.05, 0) is 0 Å². The summed E-state index contributed by atoms with van der Waals surface area (Å²) in [6, 6.07) is 0. The van der Waals surface area contributed by atoms with Gasteiger partial charge in [0.2, 0.25) is 0 Å². The number of halogens is 17. The summed E-state index contributed by atoms with van der Waals surface area (Å²) in [6.45, 7) is -2.11. The molecule has 0 unspecified atom stereocenters. The molecule has 34 heavy (non-hydrogen) atoms. The molecular formula is C11H6F17NO4S. The Kier molecular flexibility index (Phi) is 7.95. The lowest BCUT2D eigenvalue weighted by Crippen LogP contribution is -2.75. The summed E-state index contributed by atoms with van der Waals surface area (Å²) in [6.07, 6.45) is -7.90. The number of esters is 1. The number of rotatable bonds is 10. The zero-order valence-electron chi connectivity index (χ0n) is 15.2. The van der Waals surface area contributed by atoms with E-state index in [2.05, 4.69) is 4.74 Å². The molecule has 0 aromatic rings. The number of carbonyl (C=O) groups is 1. The van der Waals surface area contributed by atoms with Crippen molar-refractivity contribution in [2.24, 2.45) is 0 Å². The van der Waals surface area contributed by atoms with Crippen LogP contribution in [0.15, 0.2) is 0 Å². The van der Waals surface area contributed by atoms with Gasteiger partial charge in [0.15, 0.2) is 0 Å². The van der Waals surface area contributed by atoms with Gasteiger partial charge in [-0.3, -0.25) is 4.79 Å². The summed E-state index contributed by atoms with van der Waals surface area (Å²) in [7, 11) is -7.11. The Hall–Kier alpha value is -1.81. The third-order valence-corrected chi connectivity index (χ3v) is 5.12. The monoisotopic (exact) mass is 571 g/mol. The summed E-state index contributed by atoms with van der Waals surface area (Å²) < 4.78 is 247. The van der Waals surface area contributed by atoms with Crippen molar-refractivity contribution in [3.8, 4) is 0 Å². The fraction of sp³-hybridized carbons (Fsp3) is 0.909. The van der Waals surface area contributed by atoms with E-state index in [1.54, 1.807) is 0 Å². The molecule has 0 radical (unpaired) electrons. The van der Waals surface area contributed by atoms with Crippen LogP contribution < -0.4 is 4.72 Å². The van der Waals surface area contributed by atoms with E-state index in [9.17, 15) is 87.8 Å². The second-order valence-corrected chi connectivity index (χ2v) is 7.67. The number of sulfonamides is 1. The average molecular weight is 571 g/mol. The first-order valence-electron chi connectivity index (χ1n) is 7.23. The van der Waals surface area contributed by atoms with Gasteiger partial charge < -0.3 is 4.74 Å². The molecule has 0 amide bonds. The maximum absolute atomic E-state index is 13.5. The molecule has 1 N–H and O–H groups in total. The van der Waals surface area contributed by atoms with E-state index in [-0.39, 0.29) is 4.72 Å². The minimum absolute atomic E-state index is 0.0778. The van der Waals surface area contributed by atoms with Gasteiger partial charge in [-0.2, -0.15) is 79.4 Å². The van der Waals surface area contributed by atoms with Crippen molar-refractivity contribution in [1.82, 2.24) is 4.72 Å². The molecule has 0 rings (SSSR count). The molecule has 0 atom stereocenters. The van der Waals surface area contributed by atoms with Gasteiger partial charge in [0.05, 0.1) is 7.11 Å². The molecule has 0 saturated carbocycles. The average Bonchev–Trinajstić information content (AvgIpc) is 2.63. The number of hydrogen-bond acceptors (Lipinski definition) is 4. The van der Waals surface area contributed by atoms with Crippen LogP contribution in [0.3, 0.4) is 0 Å². The Morgan fingerprint density at radius 3 is 1.21 bits per heavy atom. The zero-order chi connectivity index (χ0) is 28.2. The molecule has 0 bridgehead atoms. The van der Waals surface area contributed by atoms with E-state index < -0.39 is 69.5 Å². The van der Waals surface area contributed by atoms with Crippen molar-refractivity contribution >= 4 is 16.0 Å². The van der Waals surface area contributed by atoms with E-state index >= 15 is 0 Å². The van der Waals surface area contributed by atoms with Gasteiger partial charge in [0.1, 0.15) is 6.54 Å². The van der Waals surface area contributed by atoms with Crippen LogP contribution in [0.25, 0.3) is 0 Å². The van der Waals surface area contributed by atoms with Crippen LogP contribution in [-0.4, -0.2) is 75.0 Å². The quantitative estimate of drug-likeness (QED) is 0.318. The Morgan fingerprint density at radius 2 is 0.912 bits per heavy atom. The topological polar surface area (TPSA) is 72.5 Å². The van der Waals surface area contributed by atoms with Crippen LogP contribution in [0.5, 0.6) is 0 Å². The van der Waals surface area contributed by atoms with E-state index in [1.165, 1.54) is 0 Å². The van der Waals surface area contributed by atoms with E-state index in [0.29, 0.717) is 7.11 Å². The SMILES string of the molecule is COC(=O)CNS(=O)(=O)C(F)(F)C(F)(F)C(F)(F)C(F)(F)C(F)(F)C(F)(F)C(F)(F)C(F)(F)F. The van der Waals surface area contributed by atoms with E-state index in [1.807, 2.05) is 0 Å². The first-order valence-corrected chi connectivity index (χ1v) is 8.71. The summed E-state index contributed by atoms with van der Waals surface area (Å²) in [4.78, 5) is 10.6. The first kappa shape index (κ1) is 32.2. The molecule has 0 fully saturated rings. The van der Waals surface area contributed by atoms with Crippen molar-refractivity contribution in [3.05, 3.63) is 0 Å². The molecule has 0 heterocycles. The third-order valence-electron chi connectivity index (χ3n) is 3.66. The zero-order valence-corrected chi connectivity index (χ0v) is 16.0. The molecule has 0 aliphatic heterocycles. The molecule has 0 aromatic carbocycles. The second kappa shape index (κ2) is 8.40. The Balaban J connectivity index is 6.80.